The van der Waals surface area contributed by atoms with Gasteiger partial charge in [-0.2, -0.15) is 0 Å². The smallest absolute Gasteiger partial charge is 0.340 e. The number of carbonyl (C=O) groups is 2. The third-order valence-electron chi connectivity index (χ3n) is 7.89. The Labute approximate surface area is 294 Å². The lowest BCUT2D eigenvalue weighted by atomic mass is 10.1. The van der Waals surface area contributed by atoms with Crippen LogP contribution < -0.4 is 0 Å². The zero-order valence-electron chi connectivity index (χ0n) is 27.7. The van der Waals surface area contributed by atoms with E-state index in [0.717, 1.165) is 32.2 Å². The summed E-state index contributed by atoms with van der Waals surface area (Å²) in [7, 11) is -8.01. The Balaban J connectivity index is 0.000000199. The van der Waals surface area contributed by atoms with Crippen LogP contribution in [0.2, 0.25) is 0 Å². The van der Waals surface area contributed by atoms with Crippen molar-refractivity contribution in [3.63, 3.8) is 0 Å². The molecule has 0 aliphatic rings. The topological polar surface area (TPSA) is 122 Å². The molecular formula is C38H32F2N2O7S2. The highest BCUT2D eigenvalue weighted by atomic mass is 32.2. The van der Waals surface area contributed by atoms with E-state index in [-0.39, 0.29) is 27.7 Å². The Morgan fingerprint density at radius 2 is 1.06 bits per heavy atom. The van der Waals surface area contributed by atoms with E-state index >= 15 is 0 Å². The Bertz CT molecular complexity index is 2410. The maximum absolute atomic E-state index is 13.2. The van der Waals surface area contributed by atoms with E-state index < -0.39 is 37.7 Å². The van der Waals surface area contributed by atoms with Crippen LogP contribution in [0.1, 0.15) is 39.0 Å². The number of nitrogens with zero attached hydrogens (tertiary/aromatic N) is 2. The van der Waals surface area contributed by atoms with E-state index in [2.05, 4.69) is 0 Å². The molecule has 2 heterocycles. The van der Waals surface area contributed by atoms with Gasteiger partial charge in [-0.3, -0.25) is 4.79 Å². The zero-order valence-corrected chi connectivity index (χ0v) is 29.3. The van der Waals surface area contributed by atoms with Gasteiger partial charge in [0.1, 0.15) is 11.6 Å². The van der Waals surface area contributed by atoms with Gasteiger partial charge >= 0.3 is 5.97 Å². The molecule has 0 saturated carbocycles. The molecule has 0 amide bonds. The number of benzene rings is 4. The van der Waals surface area contributed by atoms with E-state index in [1.807, 2.05) is 12.1 Å². The summed E-state index contributed by atoms with van der Waals surface area (Å²) in [5.41, 5.74) is 3.02. The van der Waals surface area contributed by atoms with Crippen molar-refractivity contribution in [3.05, 3.63) is 155 Å². The van der Waals surface area contributed by atoms with E-state index in [0.29, 0.717) is 40.1 Å². The second kappa shape index (κ2) is 15.1. The Morgan fingerprint density at radius 3 is 1.47 bits per heavy atom. The largest absolute Gasteiger partial charge is 0.462 e. The van der Waals surface area contributed by atoms with Gasteiger partial charge in [0.15, 0.2) is 6.29 Å². The van der Waals surface area contributed by atoms with Crippen LogP contribution in [-0.4, -0.2) is 43.6 Å². The Hall–Kier alpha value is -5.66. The van der Waals surface area contributed by atoms with Crippen molar-refractivity contribution in [2.45, 2.75) is 30.6 Å². The van der Waals surface area contributed by atoms with Gasteiger partial charge in [0, 0.05) is 17.0 Å². The molecule has 0 unspecified atom stereocenters. The first-order chi connectivity index (χ1) is 24.3. The van der Waals surface area contributed by atoms with Crippen molar-refractivity contribution in [1.29, 1.82) is 0 Å². The first-order valence-corrected chi connectivity index (χ1v) is 18.4. The molecule has 0 saturated heterocycles. The van der Waals surface area contributed by atoms with E-state index in [1.54, 1.807) is 75.4 Å². The maximum Gasteiger partial charge on any atom is 0.340 e. The van der Waals surface area contributed by atoms with Gasteiger partial charge in [-0.25, -0.2) is 38.4 Å². The Morgan fingerprint density at radius 1 is 0.647 bits per heavy atom. The number of rotatable bonds is 9. The number of ether oxygens (including phenoxy) is 1. The number of carbonyl (C=O) groups excluding carboxylic acids is 2. The number of halogens is 2. The van der Waals surface area contributed by atoms with Crippen LogP contribution in [0.5, 0.6) is 0 Å². The molecular weight excluding hydrogens is 699 g/mol. The molecule has 0 bridgehead atoms. The van der Waals surface area contributed by atoms with Crippen molar-refractivity contribution < 1.29 is 39.9 Å². The van der Waals surface area contributed by atoms with E-state index in [1.165, 1.54) is 30.3 Å². The van der Waals surface area contributed by atoms with Crippen LogP contribution in [0.15, 0.2) is 131 Å². The van der Waals surface area contributed by atoms with Crippen molar-refractivity contribution in [2.75, 3.05) is 6.61 Å². The molecule has 2 aromatic heterocycles. The average Bonchev–Trinajstić information content (AvgIpc) is 3.67. The average molecular weight is 731 g/mol. The summed E-state index contributed by atoms with van der Waals surface area (Å²) in [5.74, 6) is -1.65. The summed E-state index contributed by atoms with van der Waals surface area (Å²) in [4.78, 5) is 23.4. The van der Waals surface area contributed by atoms with Gasteiger partial charge in [-0.05, 0) is 92.6 Å². The standard InChI is InChI=1S/C20H18FNO4S.C18H14FNO3S/c1-3-26-20(23)18-13-19(15-7-5-4-6-8-15)22(14(18)2)27(24,25)17-11-9-16(21)10-12-17;1-13-15(12-21)11-18(14-5-3-2-4-6-14)20(13)24(22,23)17-9-7-16(19)8-10-17/h4-13H,3H2,1-2H3;2-12H,1H3. The molecule has 4 aromatic carbocycles. The van der Waals surface area contributed by atoms with E-state index in [4.69, 9.17) is 4.74 Å². The fourth-order valence-electron chi connectivity index (χ4n) is 5.40. The molecule has 6 aromatic rings. The lowest BCUT2D eigenvalue weighted by Gasteiger charge is -2.13. The zero-order chi connectivity index (χ0) is 36.9. The highest BCUT2D eigenvalue weighted by Gasteiger charge is 2.28. The minimum atomic E-state index is -4.05. The van der Waals surface area contributed by atoms with Crippen molar-refractivity contribution in [3.8, 4) is 22.5 Å². The van der Waals surface area contributed by atoms with Gasteiger partial charge in [-0.15, -0.1) is 0 Å². The highest BCUT2D eigenvalue weighted by molar-refractivity contribution is 7.90. The molecule has 13 heteroatoms. The van der Waals surface area contributed by atoms with Crippen LogP contribution in [0.25, 0.3) is 22.5 Å². The van der Waals surface area contributed by atoms with Gasteiger partial charge in [0.05, 0.1) is 33.3 Å². The molecule has 9 nitrogen and oxygen atoms in total. The molecule has 0 radical (unpaired) electrons. The van der Waals surface area contributed by atoms with E-state index in [9.17, 15) is 35.2 Å². The summed E-state index contributed by atoms with van der Waals surface area (Å²) < 4.78 is 86.1. The molecule has 51 heavy (non-hydrogen) atoms. The van der Waals surface area contributed by atoms with Gasteiger partial charge in [0.25, 0.3) is 20.0 Å². The lowest BCUT2D eigenvalue weighted by Crippen LogP contribution is -2.17. The molecule has 6 rings (SSSR count). The second-order valence-corrected chi connectivity index (χ2v) is 14.7. The second-order valence-electron chi connectivity index (χ2n) is 11.1. The SMILES string of the molecule is CCOC(=O)c1cc(-c2ccccc2)n(S(=O)(=O)c2ccc(F)cc2)c1C.Cc1c(C=O)cc(-c2ccccc2)n1S(=O)(=O)c1ccc(F)cc1. The summed E-state index contributed by atoms with van der Waals surface area (Å²) in [6.07, 6.45) is 0.623. The minimum absolute atomic E-state index is 0.0442. The fourth-order valence-corrected chi connectivity index (χ4v) is 8.54. The lowest BCUT2D eigenvalue weighted by molar-refractivity contribution is 0.0525. The van der Waals surface area contributed by atoms with Crippen LogP contribution in [0.4, 0.5) is 8.78 Å². The third-order valence-corrected chi connectivity index (χ3v) is 11.5. The third kappa shape index (κ3) is 7.44. The maximum atomic E-state index is 13.2. The number of esters is 1. The minimum Gasteiger partial charge on any atom is -0.462 e. The summed E-state index contributed by atoms with van der Waals surface area (Å²) in [6, 6.07) is 30.0. The molecule has 0 aliphatic heterocycles. The van der Waals surface area contributed by atoms with Crippen LogP contribution in [0.3, 0.4) is 0 Å². The molecule has 0 aliphatic carbocycles. The summed E-state index contributed by atoms with van der Waals surface area (Å²) in [5, 5.41) is 0. The van der Waals surface area contributed by atoms with Crippen molar-refractivity contribution in [1.82, 2.24) is 7.94 Å². The first-order valence-electron chi connectivity index (χ1n) is 15.5. The predicted molar refractivity (Wildman–Crippen MR) is 189 cm³/mol. The molecule has 262 valence electrons. The predicted octanol–water partition coefficient (Wildman–Crippen LogP) is 7.67. The number of aromatic nitrogens is 2. The number of hydrogen-bond donors (Lipinski definition) is 0. The van der Waals surface area contributed by atoms with Crippen molar-refractivity contribution >= 4 is 32.3 Å². The summed E-state index contributed by atoms with van der Waals surface area (Å²) in [6.45, 7) is 4.96. The number of aldehydes is 1. The monoisotopic (exact) mass is 730 g/mol. The quantitative estimate of drug-likeness (QED) is 0.111. The number of hydrogen-bond acceptors (Lipinski definition) is 7. The van der Waals surface area contributed by atoms with Crippen molar-refractivity contribution in [2.24, 2.45) is 0 Å². The van der Waals surface area contributed by atoms with Crippen LogP contribution >= 0.6 is 0 Å². The highest BCUT2D eigenvalue weighted by Crippen LogP contribution is 2.32. The van der Waals surface area contributed by atoms with Crippen LogP contribution in [0, 0.1) is 25.5 Å². The molecule has 0 atom stereocenters. The first kappa shape index (κ1) is 36.6. The fraction of sp³-hybridized carbons (Fsp3) is 0.105. The van der Waals surface area contributed by atoms with Gasteiger partial charge < -0.3 is 4.74 Å². The van der Waals surface area contributed by atoms with Crippen LogP contribution in [-0.2, 0) is 24.8 Å². The van der Waals surface area contributed by atoms with Gasteiger partial charge in [0.2, 0.25) is 0 Å². The molecule has 0 spiro atoms. The van der Waals surface area contributed by atoms with Gasteiger partial charge in [-0.1, -0.05) is 60.7 Å². The normalized spacial score (nSPS) is 11.4. The molecule has 0 fully saturated rings. The molecule has 0 N–H and O–H groups in total. The Kier molecular flexibility index (Phi) is 10.8. The summed E-state index contributed by atoms with van der Waals surface area (Å²) >= 11 is 0.